The highest BCUT2D eigenvalue weighted by atomic mass is 79.9. The number of alkyl halides is 1. The third kappa shape index (κ3) is 4.54. The lowest BCUT2D eigenvalue weighted by Crippen LogP contribution is -2.25. The molecule has 0 radical (unpaired) electrons. The van der Waals surface area contributed by atoms with E-state index in [4.69, 9.17) is 11.6 Å². The zero-order valence-corrected chi connectivity index (χ0v) is 11.5. The first kappa shape index (κ1) is 13.0. The summed E-state index contributed by atoms with van der Waals surface area (Å²) in [6.45, 7) is 5.08. The molecule has 15 heavy (non-hydrogen) atoms. The predicted molar refractivity (Wildman–Crippen MR) is 70.9 cm³/mol. The van der Waals surface area contributed by atoms with Crippen molar-refractivity contribution in [2.24, 2.45) is 0 Å². The Hall–Kier alpha value is -0.0500. The van der Waals surface area contributed by atoms with Gasteiger partial charge in [-0.3, -0.25) is 0 Å². The van der Waals surface area contributed by atoms with Gasteiger partial charge in [-0.25, -0.2) is 0 Å². The Labute approximate surface area is 105 Å². The first-order valence-corrected chi connectivity index (χ1v) is 6.68. The van der Waals surface area contributed by atoms with Crippen LogP contribution in [0.5, 0.6) is 0 Å². The summed E-state index contributed by atoms with van der Waals surface area (Å²) in [5.74, 6) is 0. The SMILES string of the molecule is Cc1ccc(CNC(C)CCBr)c(Cl)c1. The molecule has 0 fully saturated rings. The Balaban J connectivity index is 2.50. The van der Waals surface area contributed by atoms with Gasteiger partial charge in [-0.05, 0) is 37.5 Å². The summed E-state index contributed by atoms with van der Waals surface area (Å²) in [5, 5.41) is 5.33. The summed E-state index contributed by atoms with van der Waals surface area (Å²) < 4.78 is 0. The fraction of sp³-hybridized carbons (Fsp3) is 0.500. The Kier molecular flexibility index (Phi) is 5.65. The van der Waals surface area contributed by atoms with E-state index in [0.717, 1.165) is 23.3 Å². The Bertz CT molecular complexity index is 314. The minimum atomic E-state index is 0.516. The highest BCUT2D eigenvalue weighted by molar-refractivity contribution is 9.09. The van der Waals surface area contributed by atoms with Crippen molar-refractivity contribution in [3.05, 3.63) is 34.3 Å². The van der Waals surface area contributed by atoms with Crippen molar-refractivity contribution in [3.8, 4) is 0 Å². The second kappa shape index (κ2) is 6.51. The van der Waals surface area contributed by atoms with E-state index >= 15 is 0 Å². The number of halogens is 2. The molecule has 0 aliphatic rings. The van der Waals surface area contributed by atoms with Gasteiger partial charge in [0.15, 0.2) is 0 Å². The highest BCUT2D eigenvalue weighted by Gasteiger charge is 2.03. The number of hydrogen-bond donors (Lipinski definition) is 1. The maximum absolute atomic E-state index is 6.14. The normalized spacial score (nSPS) is 12.8. The standard InChI is InChI=1S/C12H17BrClN/c1-9-3-4-11(12(14)7-9)8-15-10(2)5-6-13/h3-4,7,10,15H,5-6,8H2,1-2H3. The summed E-state index contributed by atoms with van der Waals surface area (Å²) in [5.41, 5.74) is 2.38. The van der Waals surface area contributed by atoms with Crippen LogP contribution < -0.4 is 5.32 Å². The number of rotatable bonds is 5. The van der Waals surface area contributed by atoms with Crippen LogP contribution in [0.4, 0.5) is 0 Å². The molecule has 1 aromatic rings. The van der Waals surface area contributed by atoms with Crippen molar-refractivity contribution >= 4 is 27.5 Å². The smallest absolute Gasteiger partial charge is 0.0453 e. The third-order valence-corrected chi connectivity index (χ3v) is 3.20. The zero-order valence-electron chi connectivity index (χ0n) is 9.19. The topological polar surface area (TPSA) is 12.0 Å². The van der Waals surface area contributed by atoms with Gasteiger partial charge in [0.25, 0.3) is 0 Å². The summed E-state index contributed by atoms with van der Waals surface area (Å²) in [7, 11) is 0. The molecular weight excluding hydrogens is 273 g/mol. The minimum Gasteiger partial charge on any atom is -0.310 e. The Morgan fingerprint density at radius 2 is 2.20 bits per heavy atom. The van der Waals surface area contributed by atoms with Crippen molar-refractivity contribution in [2.45, 2.75) is 32.9 Å². The third-order valence-electron chi connectivity index (χ3n) is 2.39. The second-order valence-corrected chi connectivity index (χ2v) is 5.05. The molecule has 1 nitrogen and oxygen atoms in total. The van der Waals surface area contributed by atoms with Gasteiger partial charge < -0.3 is 5.32 Å². The van der Waals surface area contributed by atoms with Crippen LogP contribution in [0.3, 0.4) is 0 Å². The fourth-order valence-corrected chi connectivity index (χ4v) is 2.33. The summed E-state index contributed by atoms with van der Waals surface area (Å²) in [6, 6.07) is 6.71. The first-order chi connectivity index (χ1) is 7.13. The van der Waals surface area contributed by atoms with Crippen LogP contribution in [-0.4, -0.2) is 11.4 Å². The molecule has 1 aromatic carbocycles. The molecule has 1 rings (SSSR count). The highest BCUT2D eigenvalue weighted by Crippen LogP contribution is 2.17. The average molecular weight is 291 g/mol. The van der Waals surface area contributed by atoms with Crippen molar-refractivity contribution in [1.82, 2.24) is 5.32 Å². The van der Waals surface area contributed by atoms with E-state index in [9.17, 15) is 0 Å². The van der Waals surface area contributed by atoms with Crippen molar-refractivity contribution in [3.63, 3.8) is 0 Å². The summed E-state index contributed by atoms with van der Waals surface area (Å²) >= 11 is 9.57. The lowest BCUT2D eigenvalue weighted by Gasteiger charge is -2.13. The predicted octanol–water partition coefficient (Wildman–Crippen LogP) is 3.91. The number of hydrogen-bond acceptors (Lipinski definition) is 1. The fourth-order valence-electron chi connectivity index (χ4n) is 1.35. The molecule has 0 saturated carbocycles. The van der Waals surface area contributed by atoms with Gasteiger partial charge in [-0.2, -0.15) is 0 Å². The molecule has 0 heterocycles. The van der Waals surface area contributed by atoms with E-state index in [-0.39, 0.29) is 0 Å². The van der Waals surface area contributed by atoms with Crippen LogP contribution in [0.25, 0.3) is 0 Å². The number of benzene rings is 1. The van der Waals surface area contributed by atoms with Crippen LogP contribution in [-0.2, 0) is 6.54 Å². The quantitative estimate of drug-likeness (QED) is 0.811. The van der Waals surface area contributed by atoms with Gasteiger partial charge in [0, 0.05) is 22.9 Å². The van der Waals surface area contributed by atoms with Crippen molar-refractivity contribution in [2.75, 3.05) is 5.33 Å². The molecule has 1 N–H and O–H groups in total. The first-order valence-electron chi connectivity index (χ1n) is 5.18. The lowest BCUT2D eigenvalue weighted by atomic mass is 10.1. The molecule has 0 amide bonds. The van der Waals surface area contributed by atoms with E-state index in [2.05, 4.69) is 47.2 Å². The van der Waals surface area contributed by atoms with Gasteiger partial charge in [-0.15, -0.1) is 0 Å². The molecular formula is C12H17BrClN. The molecule has 0 aromatic heterocycles. The van der Waals surface area contributed by atoms with Gasteiger partial charge in [0.05, 0.1) is 0 Å². The van der Waals surface area contributed by atoms with Crippen LogP contribution in [0.2, 0.25) is 5.02 Å². The van der Waals surface area contributed by atoms with Gasteiger partial charge in [0.1, 0.15) is 0 Å². The van der Waals surface area contributed by atoms with Crippen LogP contribution >= 0.6 is 27.5 Å². The van der Waals surface area contributed by atoms with E-state index < -0.39 is 0 Å². The van der Waals surface area contributed by atoms with E-state index in [1.54, 1.807) is 0 Å². The molecule has 3 heteroatoms. The minimum absolute atomic E-state index is 0.516. The summed E-state index contributed by atoms with van der Waals surface area (Å²) in [6.07, 6.45) is 1.13. The molecule has 1 atom stereocenters. The number of nitrogens with one attached hydrogen (secondary N) is 1. The van der Waals surface area contributed by atoms with Crippen LogP contribution in [0, 0.1) is 6.92 Å². The molecule has 1 unspecified atom stereocenters. The molecule has 0 bridgehead atoms. The van der Waals surface area contributed by atoms with Crippen LogP contribution in [0.15, 0.2) is 18.2 Å². The summed E-state index contributed by atoms with van der Waals surface area (Å²) in [4.78, 5) is 0. The van der Waals surface area contributed by atoms with Gasteiger partial charge >= 0.3 is 0 Å². The van der Waals surface area contributed by atoms with Gasteiger partial charge in [-0.1, -0.05) is 39.7 Å². The zero-order chi connectivity index (χ0) is 11.3. The number of aryl methyl sites for hydroxylation is 1. The van der Waals surface area contributed by atoms with E-state index in [1.807, 2.05) is 6.07 Å². The maximum Gasteiger partial charge on any atom is 0.0453 e. The van der Waals surface area contributed by atoms with Crippen molar-refractivity contribution in [1.29, 1.82) is 0 Å². The Morgan fingerprint density at radius 3 is 2.80 bits per heavy atom. The molecule has 0 aliphatic heterocycles. The molecule has 0 aliphatic carbocycles. The monoisotopic (exact) mass is 289 g/mol. The molecule has 0 saturated heterocycles. The maximum atomic E-state index is 6.14. The van der Waals surface area contributed by atoms with E-state index in [1.165, 1.54) is 11.1 Å². The molecule has 84 valence electrons. The Morgan fingerprint density at radius 1 is 1.47 bits per heavy atom. The average Bonchev–Trinajstić information content (AvgIpc) is 2.17. The second-order valence-electron chi connectivity index (χ2n) is 3.85. The van der Waals surface area contributed by atoms with Crippen molar-refractivity contribution < 1.29 is 0 Å². The molecule has 0 spiro atoms. The lowest BCUT2D eigenvalue weighted by molar-refractivity contribution is 0.538. The largest absolute Gasteiger partial charge is 0.310 e. The van der Waals surface area contributed by atoms with E-state index in [0.29, 0.717) is 6.04 Å². The van der Waals surface area contributed by atoms with Crippen LogP contribution in [0.1, 0.15) is 24.5 Å². The van der Waals surface area contributed by atoms with Gasteiger partial charge in [0.2, 0.25) is 0 Å².